The number of nitrogens with zero attached hydrogens (tertiary/aromatic N) is 2. The minimum atomic E-state index is -0.884. The van der Waals surface area contributed by atoms with E-state index in [1.165, 1.54) is 0 Å². The van der Waals surface area contributed by atoms with Crippen molar-refractivity contribution in [2.75, 3.05) is 0 Å². The van der Waals surface area contributed by atoms with Crippen molar-refractivity contribution >= 4 is 23.7 Å². The van der Waals surface area contributed by atoms with Gasteiger partial charge in [0.2, 0.25) is 5.91 Å². The number of urea groups is 1. The molecule has 102 valence electrons. The van der Waals surface area contributed by atoms with E-state index in [-0.39, 0.29) is 0 Å². The van der Waals surface area contributed by atoms with E-state index in [0.29, 0.717) is 5.16 Å². The highest BCUT2D eigenvalue weighted by molar-refractivity contribution is 8.00. The van der Waals surface area contributed by atoms with Gasteiger partial charge in [-0.05, 0) is 11.6 Å². The monoisotopic (exact) mass is 288 g/mol. The predicted molar refractivity (Wildman–Crippen MR) is 74.8 cm³/mol. The number of nitrogens with one attached hydrogen (secondary N) is 1. The maximum atomic E-state index is 12.1. The van der Waals surface area contributed by atoms with Crippen molar-refractivity contribution in [2.24, 2.45) is 5.73 Å². The van der Waals surface area contributed by atoms with Gasteiger partial charge in [0.05, 0.1) is 0 Å². The van der Waals surface area contributed by atoms with Crippen LogP contribution >= 0.6 is 11.8 Å². The van der Waals surface area contributed by atoms with E-state index in [1.54, 1.807) is 30.6 Å². The highest BCUT2D eigenvalue weighted by Crippen LogP contribution is 2.32. The first-order valence-electron chi connectivity index (χ1n) is 5.76. The molecule has 1 aromatic heterocycles. The highest BCUT2D eigenvalue weighted by Gasteiger charge is 2.24. The molecule has 0 bridgehead atoms. The number of rotatable bonds is 4. The summed E-state index contributed by atoms with van der Waals surface area (Å²) in [7, 11) is 0. The topological polar surface area (TPSA) is 98.0 Å². The number of carbonyl (C=O) groups excluding carboxylic acids is 2. The van der Waals surface area contributed by atoms with Crippen LogP contribution in [-0.4, -0.2) is 21.9 Å². The van der Waals surface area contributed by atoms with Crippen LogP contribution in [0, 0.1) is 0 Å². The molecule has 1 aromatic carbocycles. The molecule has 1 unspecified atom stereocenters. The summed E-state index contributed by atoms with van der Waals surface area (Å²) in [5, 5.41) is 1.88. The van der Waals surface area contributed by atoms with Gasteiger partial charge in [0, 0.05) is 12.4 Å². The number of hydrogen-bond donors (Lipinski definition) is 2. The summed E-state index contributed by atoms with van der Waals surface area (Å²) >= 11 is 1.15. The molecule has 0 saturated heterocycles. The Hall–Kier alpha value is -2.41. The van der Waals surface area contributed by atoms with E-state index in [1.807, 2.05) is 18.2 Å². The molecule has 0 saturated carbocycles. The number of amides is 3. The molecular weight excluding hydrogens is 276 g/mol. The summed E-state index contributed by atoms with van der Waals surface area (Å²) in [4.78, 5) is 31.0. The minimum Gasteiger partial charge on any atom is -0.351 e. The Morgan fingerprint density at radius 1 is 1.10 bits per heavy atom. The van der Waals surface area contributed by atoms with E-state index in [2.05, 4.69) is 15.3 Å². The van der Waals surface area contributed by atoms with Gasteiger partial charge >= 0.3 is 6.03 Å². The third-order valence-electron chi connectivity index (χ3n) is 2.35. The molecule has 0 aliphatic rings. The Kier molecular flexibility index (Phi) is 4.67. The lowest BCUT2D eigenvalue weighted by atomic mass is 10.1. The molecule has 0 fully saturated rings. The summed E-state index contributed by atoms with van der Waals surface area (Å²) in [6.45, 7) is 0. The third-order valence-corrected chi connectivity index (χ3v) is 3.50. The second-order valence-corrected chi connectivity index (χ2v) is 4.87. The smallest absolute Gasteiger partial charge is 0.318 e. The molecule has 1 heterocycles. The van der Waals surface area contributed by atoms with Crippen LogP contribution in [0.25, 0.3) is 0 Å². The largest absolute Gasteiger partial charge is 0.351 e. The molecule has 1 atom stereocenters. The quantitative estimate of drug-likeness (QED) is 0.656. The molecule has 0 radical (unpaired) electrons. The molecule has 6 nitrogen and oxygen atoms in total. The predicted octanol–water partition coefficient (Wildman–Crippen LogP) is 1.50. The molecule has 7 heteroatoms. The van der Waals surface area contributed by atoms with Crippen LogP contribution in [-0.2, 0) is 4.79 Å². The summed E-state index contributed by atoms with van der Waals surface area (Å²) in [5.74, 6) is -0.499. The van der Waals surface area contributed by atoms with Gasteiger partial charge in [0.1, 0.15) is 5.25 Å². The van der Waals surface area contributed by atoms with Crippen LogP contribution in [0.15, 0.2) is 53.9 Å². The molecule has 0 aliphatic carbocycles. The van der Waals surface area contributed by atoms with Gasteiger partial charge in [-0.3, -0.25) is 10.1 Å². The number of nitrogens with two attached hydrogens (primary N) is 1. The zero-order chi connectivity index (χ0) is 14.4. The number of benzene rings is 1. The van der Waals surface area contributed by atoms with E-state index < -0.39 is 17.2 Å². The van der Waals surface area contributed by atoms with Crippen LogP contribution < -0.4 is 11.1 Å². The Morgan fingerprint density at radius 3 is 2.35 bits per heavy atom. The second kappa shape index (κ2) is 6.67. The van der Waals surface area contributed by atoms with E-state index in [9.17, 15) is 9.59 Å². The SMILES string of the molecule is NC(=O)NC(=O)C(Sc1ncccn1)c1ccccc1. The Bertz CT molecular complexity index is 592. The highest BCUT2D eigenvalue weighted by atomic mass is 32.2. The molecular formula is C13H12N4O2S. The van der Waals surface area contributed by atoms with Crippen molar-refractivity contribution < 1.29 is 9.59 Å². The molecule has 2 aromatic rings. The number of primary amides is 1. The van der Waals surface area contributed by atoms with Gasteiger partial charge in [0.15, 0.2) is 5.16 Å². The van der Waals surface area contributed by atoms with E-state index >= 15 is 0 Å². The molecule has 3 N–H and O–H groups in total. The third kappa shape index (κ3) is 3.79. The zero-order valence-corrected chi connectivity index (χ0v) is 11.2. The van der Waals surface area contributed by atoms with Crippen LogP contribution in [0.3, 0.4) is 0 Å². The first-order valence-corrected chi connectivity index (χ1v) is 6.63. The van der Waals surface area contributed by atoms with Gasteiger partial charge in [0.25, 0.3) is 0 Å². The maximum absolute atomic E-state index is 12.1. The van der Waals surface area contributed by atoms with Crippen LogP contribution in [0.5, 0.6) is 0 Å². The first kappa shape index (κ1) is 14.0. The number of hydrogen-bond acceptors (Lipinski definition) is 5. The van der Waals surface area contributed by atoms with Gasteiger partial charge in [-0.2, -0.15) is 0 Å². The standard InChI is InChI=1S/C13H12N4O2S/c14-12(19)17-11(18)10(9-5-2-1-3-6-9)20-13-15-7-4-8-16-13/h1-8,10H,(H3,14,17,18,19). The fourth-order valence-corrected chi connectivity index (χ4v) is 2.45. The molecule has 0 spiro atoms. The normalized spacial score (nSPS) is 11.6. The fourth-order valence-electron chi connectivity index (χ4n) is 1.54. The molecule has 20 heavy (non-hydrogen) atoms. The number of thioether (sulfide) groups is 1. The van der Waals surface area contributed by atoms with Crippen molar-refractivity contribution in [1.29, 1.82) is 0 Å². The van der Waals surface area contributed by atoms with Crippen LogP contribution in [0.2, 0.25) is 0 Å². The lowest BCUT2D eigenvalue weighted by Gasteiger charge is -2.14. The van der Waals surface area contributed by atoms with Crippen molar-refractivity contribution in [3.8, 4) is 0 Å². The van der Waals surface area contributed by atoms with Crippen molar-refractivity contribution in [1.82, 2.24) is 15.3 Å². The van der Waals surface area contributed by atoms with Crippen LogP contribution in [0.1, 0.15) is 10.8 Å². The second-order valence-electron chi connectivity index (χ2n) is 3.79. The summed E-state index contributed by atoms with van der Waals surface area (Å²) in [6.07, 6.45) is 3.17. The summed E-state index contributed by atoms with van der Waals surface area (Å²) in [6, 6.07) is 9.85. The van der Waals surface area contributed by atoms with Crippen molar-refractivity contribution in [2.45, 2.75) is 10.4 Å². The maximum Gasteiger partial charge on any atom is 0.318 e. The Balaban J connectivity index is 2.25. The number of aromatic nitrogens is 2. The zero-order valence-electron chi connectivity index (χ0n) is 10.4. The van der Waals surface area contributed by atoms with E-state index in [4.69, 9.17) is 5.73 Å². The van der Waals surface area contributed by atoms with Crippen molar-refractivity contribution in [3.63, 3.8) is 0 Å². The number of carbonyl (C=O) groups is 2. The van der Waals surface area contributed by atoms with Gasteiger partial charge in [-0.25, -0.2) is 14.8 Å². The molecule has 2 rings (SSSR count). The summed E-state index contributed by atoms with van der Waals surface area (Å²) in [5.41, 5.74) is 5.73. The molecule has 0 aliphatic heterocycles. The lowest BCUT2D eigenvalue weighted by Crippen LogP contribution is -2.37. The van der Waals surface area contributed by atoms with Gasteiger partial charge in [-0.1, -0.05) is 42.1 Å². The minimum absolute atomic E-state index is 0.445. The lowest BCUT2D eigenvalue weighted by molar-refractivity contribution is -0.119. The first-order chi connectivity index (χ1) is 9.66. The average molecular weight is 288 g/mol. The number of imide groups is 1. The van der Waals surface area contributed by atoms with Gasteiger partial charge in [-0.15, -0.1) is 0 Å². The Morgan fingerprint density at radius 2 is 1.75 bits per heavy atom. The van der Waals surface area contributed by atoms with Gasteiger partial charge < -0.3 is 5.73 Å². The molecule has 3 amide bonds. The Labute approximate surface area is 119 Å². The van der Waals surface area contributed by atoms with E-state index in [0.717, 1.165) is 17.3 Å². The average Bonchev–Trinajstić information content (AvgIpc) is 2.46. The summed E-state index contributed by atoms with van der Waals surface area (Å²) < 4.78 is 0. The van der Waals surface area contributed by atoms with Crippen LogP contribution in [0.4, 0.5) is 4.79 Å². The fraction of sp³-hybridized carbons (Fsp3) is 0.0769. The van der Waals surface area contributed by atoms with Crippen molar-refractivity contribution in [3.05, 3.63) is 54.4 Å².